The number of aromatic nitrogens is 2. The Balaban J connectivity index is 2.33. The number of rotatable bonds is 4. The summed E-state index contributed by atoms with van der Waals surface area (Å²) in [5, 5.41) is 10.7. The Morgan fingerprint density at radius 1 is 1.53 bits per heavy atom. The van der Waals surface area contributed by atoms with Crippen molar-refractivity contribution < 1.29 is 4.74 Å². The number of hydrogen-bond donors (Lipinski definition) is 2. The molecule has 1 heterocycles. The van der Waals surface area contributed by atoms with Crippen LogP contribution in [0, 0.1) is 18.4 Å². The molecule has 1 aromatic heterocycles. The van der Waals surface area contributed by atoms with E-state index in [9.17, 15) is 0 Å². The van der Waals surface area contributed by atoms with Crippen LogP contribution in [0.5, 0.6) is 5.75 Å². The van der Waals surface area contributed by atoms with Gasteiger partial charge in [-0.05, 0) is 19.1 Å². The van der Waals surface area contributed by atoms with Crippen LogP contribution in [0.1, 0.15) is 5.82 Å². The Bertz CT molecular complexity index is 639. The fourth-order valence-electron chi connectivity index (χ4n) is 1.64. The number of nitrogens with zero attached hydrogens (tertiary/aromatic N) is 3. The van der Waals surface area contributed by atoms with E-state index < -0.39 is 0 Å². The Hall–Kier alpha value is -2.81. The third-order valence-electron chi connectivity index (χ3n) is 2.51. The second kappa shape index (κ2) is 5.69. The van der Waals surface area contributed by atoms with E-state index in [-0.39, 0.29) is 0 Å². The van der Waals surface area contributed by atoms with Gasteiger partial charge in [0.2, 0.25) is 0 Å². The van der Waals surface area contributed by atoms with Crippen LogP contribution in [0.3, 0.4) is 0 Å². The van der Waals surface area contributed by atoms with Crippen LogP contribution in [-0.4, -0.2) is 23.4 Å². The summed E-state index contributed by atoms with van der Waals surface area (Å²) in [6.07, 6.45) is 4.91. The number of aromatic amines is 1. The monoisotopic (exact) mass is 255 g/mol. The Labute approximate surface area is 110 Å². The van der Waals surface area contributed by atoms with E-state index in [4.69, 9.17) is 10.00 Å². The lowest BCUT2D eigenvalue weighted by Gasteiger charge is -2.06. The summed E-state index contributed by atoms with van der Waals surface area (Å²) in [5.41, 5.74) is 2.43. The number of H-pyrrole nitrogens is 1. The van der Waals surface area contributed by atoms with E-state index in [1.165, 1.54) is 6.34 Å². The lowest BCUT2D eigenvalue weighted by molar-refractivity contribution is 0.416. The highest BCUT2D eigenvalue weighted by Crippen LogP contribution is 2.31. The minimum atomic E-state index is 0.620. The van der Waals surface area contributed by atoms with E-state index in [2.05, 4.69) is 20.3 Å². The molecule has 0 amide bonds. The highest BCUT2D eigenvalue weighted by Gasteiger charge is 2.07. The van der Waals surface area contributed by atoms with E-state index in [1.807, 2.05) is 31.3 Å². The summed E-state index contributed by atoms with van der Waals surface area (Å²) < 4.78 is 5.28. The molecule has 6 heteroatoms. The maximum Gasteiger partial charge on any atom is 0.182 e. The zero-order chi connectivity index (χ0) is 13.7. The molecule has 0 atom stereocenters. The summed E-state index contributed by atoms with van der Waals surface area (Å²) in [7, 11) is 1.58. The third-order valence-corrected chi connectivity index (χ3v) is 2.51. The van der Waals surface area contributed by atoms with Crippen LogP contribution in [-0.2, 0) is 0 Å². The quantitative estimate of drug-likeness (QED) is 0.379. The van der Waals surface area contributed by atoms with Crippen molar-refractivity contribution in [1.82, 2.24) is 15.3 Å². The van der Waals surface area contributed by atoms with Crippen molar-refractivity contribution in [3.05, 3.63) is 30.2 Å². The largest absolute Gasteiger partial charge is 0.494 e. The molecular weight excluding hydrogens is 242 g/mol. The average Bonchev–Trinajstić information content (AvgIpc) is 2.86. The van der Waals surface area contributed by atoms with Crippen LogP contribution >= 0.6 is 0 Å². The predicted octanol–water partition coefficient (Wildman–Crippen LogP) is 2.12. The lowest BCUT2D eigenvalue weighted by Crippen LogP contribution is -1.99. The molecule has 0 spiro atoms. The Morgan fingerprint density at radius 2 is 2.37 bits per heavy atom. The SMILES string of the molecule is COc1cc(-c2c[nH]c(C)n2)ccc1/N=C/NC#N. The van der Waals surface area contributed by atoms with Gasteiger partial charge in [0.15, 0.2) is 6.19 Å². The molecule has 0 aliphatic carbocycles. The van der Waals surface area contributed by atoms with Crippen molar-refractivity contribution in [2.24, 2.45) is 4.99 Å². The maximum atomic E-state index is 8.37. The van der Waals surface area contributed by atoms with E-state index >= 15 is 0 Å². The van der Waals surface area contributed by atoms with Crippen molar-refractivity contribution in [3.8, 4) is 23.2 Å². The summed E-state index contributed by atoms with van der Waals surface area (Å²) >= 11 is 0. The molecule has 0 saturated heterocycles. The first-order chi connectivity index (χ1) is 9.24. The van der Waals surface area contributed by atoms with Gasteiger partial charge in [-0.1, -0.05) is 6.07 Å². The van der Waals surface area contributed by atoms with Crippen LogP contribution < -0.4 is 10.1 Å². The molecular formula is C13H13N5O. The highest BCUT2D eigenvalue weighted by atomic mass is 16.5. The summed E-state index contributed by atoms with van der Waals surface area (Å²) in [5.74, 6) is 1.48. The van der Waals surface area contributed by atoms with Crippen molar-refractivity contribution in [3.63, 3.8) is 0 Å². The number of imidazole rings is 1. The average molecular weight is 255 g/mol. The smallest absolute Gasteiger partial charge is 0.182 e. The zero-order valence-electron chi connectivity index (χ0n) is 10.6. The van der Waals surface area contributed by atoms with Crippen LogP contribution in [0.4, 0.5) is 5.69 Å². The van der Waals surface area contributed by atoms with Gasteiger partial charge in [-0.2, -0.15) is 5.26 Å². The molecule has 0 aliphatic heterocycles. The van der Waals surface area contributed by atoms with Crippen molar-refractivity contribution in [1.29, 1.82) is 5.26 Å². The molecule has 2 rings (SSSR count). The molecule has 19 heavy (non-hydrogen) atoms. The maximum absolute atomic E-state index is 8.37. The number of ether oxygens (including phenoxy) is 1. The van der Waals surface area contributed by atoms with Gasteiger partial charge in [-0.25, -0.2) is 9.98 Å². The third kappa shape index (κ3) is 2.90. The molecule has 96 valence electrons. The Kier molecular flexibility index (Phi) is 3.78. The first-order valence-electron chi connectivity index (χ1n) is 5.62. The molecule has 0 saturated carbocycles. The van der Waals surface area contributed by atoms with Crippen LogP contribution in [0.2, 0.25) is 0 Å². The molecule has 2 N–H and O–H groups in total. The molecule has 6 nitrogen and oxygen atoms in total. The molecule has 2 aromatic rings. The van der Waals surface area contributed by atoms with Gasteiger partial charge in [0.25, 0.3) is 0 Å². The highest BCUT2D eigenvalue weighted by molar-refractivity contribution is 5.71. The van der Waals surface area contributed by atoms with E-state index in [0.29, 0.717) is 11.4 Å². The molecule has 0 aliphatic rings. The molecule has 0 unspecified atom stereocenters. The number of aliphatic imine (C=N–C) groups is 1. The van der Waals surface area contributed by atoms with Crippen molar-refractivity contribution >= 4 is 12.0 Å². The lowest BCUT2D eigenvalue weighted by atomic mass is 10.1. The molecule has 1 aromatic carbocycles. The fourth-order valence-corrected chi connectivity index (χ4v) is 1.64. The van der Waals surface area contributed by atoms with E-state index in [0.717, 1.165) is 17.1 Å². The van der Waals surface area contributed by atoms with Gasteiger partial charge in [0.05, 0.1) is 12.8 Å². The van der Waals surface area contributed by atoms with Gasteiger partial charge in [0.1, 0.15) is 23.6 Å². The van der Waals surface area contributed by atoms with Crippen molar-refractivity contribution in [2.75, 3.05) is 7.11 Å². The first kappa shape index (κ1) is 12.6. The molecule has 0 radical (unpaired) electrons. The second-order valence-electron chi connectivity index (χ2n) is 3.77. The van der Waals surface area contributed by atoms with Crippen molar-refractivity contribution in [2.45, 2.75) is 6.92 Å². The summed E-state index contributed by atoms with van der Waals surface area (Å²) in [6, 6.07) is 5.57. The molecule has 0 bridgehead atoms. The second-order valence-corrected chi connectivity index (χ2v) is 3.77. The minimum absolute atomic E-state index is 0.620. The van der Waals surface area contributed by atoms with Crippen LogP contribution in [0.15, 0.2) is 29.4 Å². The number of nitrogens with one attached hydrogen (secondary N) is 2. The zero-order valence-corrected chi connectivity index (χ0v) is 10.6. The topological polar surface area (TPSA) is 86.1 Å². The Morgan fingerprint density at radius 3 is 3.00 bits per heavy atom. The summed E-state index contributed by atoms with van der Waals surface area (Å²) in [6.45, 7) is 1.90. The van der Waals surface area contributed by atoms with Gasteiger partial charge in [-0.15, -0.1) is 0 Å². The fraction of sp³-hybridized carbons (Fsp3) is 0.154. The van der Waals surface area contributed by atoms with Gasteiger partial charge in [0, 0.05) is 11.8 Å². The van der Waals surface area contributed by atoms with Gasteiger partial charge >= 0.3 is 0 Å². The van der Waals surface area contributed by atoms with Gasteiger partial charge < -0.3 is 9.72 Å². The predicted molar refractivity (Wildman–Crippen MR) is 72.2 cm³/mol. The number of nitriles is 1. The number of methoxy groups -OCH3 is 1. The standard InChI is InChI=1S/C13H13N5O/c1-9-16-6-12(18-9)10-3-4-11(13(5-10)19-2)17-8-15-7-14/h3-6,8H,1-2H3,(H,15,17)(H,16,18). The minimum Gasteiger partial charge on any atom is -0.494 e. The van der Waals surface area contributed by atoms with Crippen LogP contribution in [0.25, 0.3) is 11.3 Å². The number of hydrogen-bond acceptors (Lipinski definition) is 4. The summed E-state index contributed by atoms with van der Waals surface area (Å²) in [4.78, 5) is 11.5. The molecule has 0 fully saturated rings. The normalized spacial score (nSPS) is 10.4. The first-order valence-corrected chi connectivity index (χ1v) is 5.62. The van der Waals surface area contributed by atoms with Gasteiger partial charge in [-0.3, -0.25) is 5.32 Å². The number of benzene rings is 1. The number of aryl methyl sites for hydroxylation is 1. The van der Waals surface area contributed by atoms with E-state index in [1.54, 1.807) is 13.3 Å².